The summed E-state index contributed by atoms with van der Waals surface area (Å²) in [5.41, 5.74) is 1.39. The van der Waals surface area contributed by atoms with Gasteiger partial charge < -0.3 is 4.98 Å². The van der Waals surface area contributed by atoms with E-state index in [-0.39, 0.29) is 5.56 Å². The second-order valence-electron chi connectivity index (χ2n) is 3.44. The average molecular weight is 308 g/mol. The molecule has 0 saturated heterocycles. The van der Waals surface area contributed by atoms with E-state index in [4.69, 9.17) is 0 Å². The third-order valence-electron chi connectivity index (χ3n) is 2.29. The number of nitrogens with one attached hydrogen (secondary N) is 1. The van der Waals surface area contributed by atoms with Gasteiger partial charge in [0.05, 0.1) is 5.52 Å². The van der Waals surface area contributed by atoms with Crippen molar-refractivity contribution >= 4 is 37.5 Å². The van der Waals surface area contributed by atoms with Crippen molar-refractivity contribution in [2.75, 3.05) is 0 Å². The molecule has 3 heterocycles. The monoisotopic (exact) mass is 307 g/mol. The fourth-order valence-electron chi connectivity index (χ4n) is 1.55. The molecule has 0 radical (unpaired) electrons. The van der Waals surface area contributed by atoms with Crippen LogP contribution in [0.5, 0.6) is 0 Å². The maximum atomic E-state index is 11.8. The Morgan fingerprint density at radius 3 is 3.06 bits per heavy atom. The van der Waals surface area contributed by atoms with E-state index in [1.165, 1.54) is 11.3 Å². The maximum Gasteiger partial charge on any atom is 0.269 e. The molecule has 0 saturated carbocycles. The van der Waals surface area contributed by atoms with Crippen LogP contribution in [0.3, 0.4) is 0 Å². The summed E-state index contributed by atoms with van der Waals surface area (Å²) in [6.07, 6.45) is 3.35. The van der Waals surface area contributed by atoms with Crippen molar-refractivity contribution in [3.63, 3.8) is 0 Å². The van der Waals surface area contributed by atoms with Gasteiger partial charge in [0.15, 0.2) is 0 Å². The van der Waals surface area contributed by atoms with Crippen molar-refractivity contribution in [3.05, 3.63) is 44.7 Å². The zero-order chi connectivity index (χ0) is 11.8. The van der Waals surface area contributed by atoms with Crippen molar-refractivity contribution in [1.82, 2.24) is 15.0 Å². The van der Waals surface area contributed by atoms with E-state index >= 15 is 0 Å². The second kappa shape index (κ2) is 4.05. The highest BCUT2D eigenvalue weighted by molar-refractivity contribution is 9.10. The van der Waals surface area contributed by atoms with Crippen molar-refractivity contribution in [1.29, 1.82) is 0 Å². The number of fused-ring (bicyclic) bond motifs is 1. The van der Waals surface area contributed by atoms with E-state index in [9.17, 15) is 4.79 Å². The minimum absolute atomic E-state index is 0.111. The van der Waals surface area contributed by atoms with Gasteiger partial charge in [0.25, 0.3) is 5.56 Å². The Kier molecular flexibility index (Phi) is 2.53. The van der Waals surface area contributed by atoms with Crippen LogP contribution >= 0.6 is 27.3 Å². The number of halogens is 1. The first-order valence-electron chi connectivity index (χ1n) is 4.82. The summed E-state index contributed by atoms with van der Waals surface area (Å²) >= 11 is 4.73. The lowest BCUT2D eigenvalue weighted by molar-refractivity contribution is 1.17. The predicted molar refractivity (Wildman–Crippen MR) is 71.2 cm³/mol. The van der Waals surface area contributed by atoms with Crippen LogP contribution in [0.15, 0.2) is 39.2 Å². The zero-order valence-electron chi connectivity index (χ0n) is 8.48. The number of thiophene rings is 1. The largest absolute Gasteiger partial charge is 0.305 e. The fraction of sp³-hybridized carbons (Fsp3) is 0. The van der Waals surface area contributed by atoms with E-state index in [2.05, 4.69) is 30.9 Å². The number of aromatic nitrogens is 3. The van der Waals surface area contributed by atoms with E-state index in [0.29, 0.717) is 16.0 Å². The van der Waals surface area contributed by atoms with Gasteiger partial charge in [-0.3, -0.25) is 9.78 Å². The van der Waals surface area contributed by atoms with E-state index < -0.39 is 0 Å². The number of hydrogen-bond acceptors (Lipinski definition) is 4. The van der Waals surface area contributed by atoms with Gasteiger partial charge in [-0.1, -0.05) is 0 Å². The molecule has 3 aromatic rings. The molecule has 17 heavy (non-hydrogen) atoms. The van der Waals surface area contributed by atoms with Crippen LogP contribution in [0.25, 0.3) is 21.6 Å². The molecule has 0 fully saturated rings. The molecule has 0 aliphatic heterocycles. The first-order chi connectivity index (χ1) is 8.24. The quantitative estimate of drug-likeness (QED) is 0.752. The van der Waals surface area contributed by atoms with Gasteiger partial charge in [-0.15, -0.1) is 11.3 Å². The number of pyridine rings is 1. The van der Waals surface area contributed by atoms with Crippen LogP contribution in [0.4, 0.5) is 0 Å². The molecule has 84 valence electrons. The Bertz CT molecular complexity index is 750. The van der Waals surface area contributed by atoms with Crippen molar-refractivity contribution < 1.29 is 0 Å². The molecule has 0 atom stereocenters. The summed E-state index contributed by atoms with van der Waals surface area (Å²) in [7, 11) is 0. The number of aromatic amines is 1. The number of H-pyrrole nitrogens is 1. The summed E-state index contributed by atoms with van der Waals surface area (Å²) in [6, 6.07) is 3.70. The third-order valence-corrected chi connectivity index (χ3v) is 3.63. The highest BCUT2D eigenvalue weighted by Gasteiger charge is 2.07. The smallest absolute Gasteiger partial charge is 0.269 e. The lowest BCUT2D eigenvalue weighted by Gasteiger charge is -2.00. The van der Waals surface area contributed by atoms with Gasteiger partial charge in [-0.2, -0.15) is 0 Å². The van der Waals surface area contributed by atoms with Gasteiger partial charge in [0, 0.05) is 22.4 Å². The molecule has 3 aromatic heterocycles. The Balaban J connectivity index is 2.27. The van der Waals surface area contributed by atoms with Crippen LogP contribution in [0.2, 0.25) is 0 Å². The van der Waals surface area contributed by atoms with Gasteiger partial charge in [-0.05, 0) is 33.4 Å². The topological polar surface area (TPSA) is 58.6 Å². The Morgan fingerprint density at radius 1 is 1.35 bits per heavy atom. The standard InChI is InChI=1S/C11H6BrN3OS/c12-7-3-6(4-13-5-7)10-14-8-1-2-17-9(8)11(16)15-10/h1-5H,(H,14,15,16). The van der Waals surface area contributed by atoms with Gasteiger partial charge in [0.2, 0.25) is 0 Å². The van der Waals surface area contributed by atoms with E-state index in [0.717, 1.165) is 10.0 Å². The van der Waals surface area contributed by atoms with Crippen LogP contribution in [0.1, 0.15) is 0 Å². The highest BCUT2D eigenvalue weighted by Crippen LogP contribution is 2.20. The number of hydrogen-bond donors (Lipinski definition) is 1. The second-order valence-corrected chi connectivity index (χ2v) is 5.27. The lowest BCUT2D eigenvalue weighted by atomic mass is 10.2. The Hall–Kier alpha value is -1.53. The fourth-order valence-corrected chi connectivity index (χ4v) is 2.64. The third kappa shape index (κ3) is 1.89. The molecule has 0 spiro atoms. The molecule has 1 N–H and O–H groups in total. The summed E-state index contributed by atoms with van der Waals surface area (Å²) in [5.74, 6) is 0.537. The van der Waals surface area contributed by atoms with Gasteiger partial charge >= 0.3 is 0 Å². The van der Waals surface area contributed by atoms with Gasteiger partial charge in [-0.25, -0.2) is 4.98 Å². The van der Waals surface area contributed by atoms with Crippen LogP contribution in [-0.4, -0.2) is 15.0 Å². The zero-order valence-corrected chi connectivity index (χ0v) is 10.9. The van der Waals surface area contributed by atoms with E-state index in [1.807, 2.05) is 17.5 Å². The first-order valence-corrected chi connectivity index (χ1v) is 6.50. The molecule has 6 heteroatoms. The first kappa shape index (κ1) is 10.6. The van der Waals surface area contributed by atoms with Crippen LogP contribution < -0.4 is 5.56 Å². The lowest BCUT2D eigenvalue weighted by Crippen LogP contribution is -2.07. The maximum absolute atomic E-state index is 11.8. The van der Waals surface area contributed by atoms with Crippen LogP contribution in [-0.2, 0) is 0 Å². The summed E-state index contributed by atoms with van der Waals surface area (Å²) in [4.78, 5) is 23.0. The number of rotatable bonds is 1. The van der Waals surface area contributed by atoms with Crippen molar-refractivity contribution in [3.8, 4) is 11.4 Å². The normalized spacial score (nSPS) is 10.9. The molecule has 3 rings (SSSR count). The Morgan fingerprint density at radius 2 is 2.24 bits per heavy atom. The van der Waals surface area contributed by atoms with Crippen LogP contribution in [0, 0.1) is 0 Å². The average Bonchev–Trinajstić information content (AvgIpc) is 2.77. The summed E-state index contributed by atoms with van der Waals surface area (Å²) in [6.45, 7) is 0. The van der Waals surface area contributed by atoms with Crippen molar-refractivity contribution in [2.45, 2.75) is 0 Å². The molecule has 0 aliphatic rings. The predicted octanol–water partition coefficient (Wildman–Crippen LogP) is 2.81. The molecule has 0 unspecified atom stereocenters. The van der Waals surface area contributed by atoms with Crippen molar-refractivity contribution in [2.24, 2.45) is 0 Å². The Labute approximate surface area is 108 Å². The summed E-state index contributed by atoms with van der Waals surface area (Å²) < 4.78 is 1.50. The number of nitrogens with zero attached hydrogens (tertiary/aromatic N) is 2. The molecule has 0 amide bonds. The van der Waals surface area contributed by atoms with Gasteiger partial charge in [0.1, 0.15) is 10.5 Å². The SMILES string of the molecule is O=c1[nH]c(-c2cncc(Br)c2)nc2ccsc12. The minimum Gasteiger partial charge on any atom is -0.305 e. The molecular formula is C11H6BrN3OS. The molecule has 0 bridgehead atoms. The summed E-state index contributed by atoms with van der Waals surface area (Å²) in [5, 5.41) is 1.86. The molecule has 4 nitrogen and oxygen atoms in total. The molecule has 0 aromatic carbocycles. The minimum atomic E-state index is -0.111. The molecule has 0 aliphatic carbocycles. The molecular weight excluding hydrogens is 302 g/mol. The van der Waals surface area contributed by atoms with E-state index in [1.54, 1.807) is 12.4 Å². The highest BCUT2D eigenvalue weighted by atomic mass is 79.9.